The third kappa shape index (κ3) is 2.47. The molecule has 2 aromatic heterocycles. The third-order valence-electron chi connectivity index (χ3n) is 2.67. The van der Waals surface area contributed by atoms with Crippen LogP contribution in [0, 0.1) is 0 Å². The Balaban J connectivity index is 2.53. The van der Waals surface area contributed by atoms with Crippen LogP contribution in [0.4, 0.5) is 0 Å². The number of aryl methyl sites for hydroxylation is 1. The fourth-order valence-corrected chi connectivity index (χ4v) is 2.64. The topological polar surface area (TPSA) is 73.3 Å². The molecule has 102 valence electrons. The van der Waals surface area contributed by atoms with Crippen LogP contribution in [0.1, 0.15) is 15.4 Å². The van der Waals surface area contributed by atoms with E-state index in [1.165, 1.54) is 23.1 Å². The van der Waals surface area contributed by atoms with E-state index in [1.807, 2.05) is 11.4 Å². The van der Waals surface area contributed by atoms with E-state index >= 15 is 0 Å². The van der Waals surface area contributed by atoms with E-state index in [0.717, 1.165) is 4.88 Å². The Morgan fingerprint density at radius 3 is 2.84 bits per heavy atom. The Kier molecular flexibility index (Phi) is 3.87. The average Bonchev–Trinajstić information content (AvgIpc) is 2.95. The molecule has 2 heterocycles. The molecule has 19 heavy (non-hydrogen) atoms. The lowest BCUT2D eigenvalue weighted by Gasteiger charge is -1.98. The molecule has 0 unspecified atom stereocenters. The molecule has 2 aromatic rings. The molecule has 0 amide bonds. The number of esters is 1. The fourth-order valence-electron chi connectivity index (χ4n) is 1.80. The molecule has 0 bridgehead atoms. The van der Waals surface area contributed by atoms with Crippen molar-refractivity contribution in [3.8, 4) is 11.1 Å². The standard InChI is InChI=1S/C12H14N2O4S/c1-14-11(15)9(10(13-14)12(16)18-3)7-4-8(5-17-2)19-6-7/h4,6,13H,5H2,1-3H3. The quantitative estimate of drug-likeness (QED) is 0.860. The minimum Gasteiger partial charge on any atom is -0.464 e. The molecule has 0 spiro atoms. The number of nitrogens with zero attached hydrogens (tertiary/aromatic N) is 1. The molecule has 7 heteroatoms. The molecule has 0 saturated carbocycles. The molecular formula is C12H14N2O4S. The van der Waals surface area contributed by atoms with Crippen LogP contribution in [-0.2, 0) is 23.1 Å². The molecule has 0 saturated heterocycles. The first-order valence-corrected chi connectivity index (χ1v) is 6.40. The minimum atomic E-state index is -0.563. The molecule has 2 rings (SSSR count). The molecule has 0 aromatic carbocycles. The molecule has 6 nitrogen and oxygen atoms in total. The van der Waals surface area contributed by atoms with Crippen molar-refractivity contribution in [1.29, 1.82) is 0 Å². The van der Waals surface area contributed by atoms with Crippen molar-refractivity contribution in [2.75, 3.05) is 14.2 Å². The number of methoxy groups -OCH3 is 2. The molecule has 0 atom stereocenters. The molecule has 0 radical (unpaired) electrons. The Morgan fingerprint density at radius 2 is 2.21 bits per heavy atom. The van der Waals surface area contributed by atoms with Crippen molar-refractivity contribution in [3.63, 3.8) is 0 Å². The van der Waals surface area contributed by atoms with Crippen LogP contribution >= 0.6 is 11.3 Å². The number of H-pyrrole nitrogens is 1. The number of hydrogen-bond donors (Lipinski definition) is 1. The molecule has 1 N–H and O–H groups in total. The number of thiophene rings is 1. The van der Waals surface area contributed by atoms with Gasteiger partial charge in [-0.15, -0.1) is 11.3 Å². The zero-order valence-corrected chi connectivity index (χ0v) is 11.7. The second-order valence-corrected chi connectivity index (χ2v) is 4.95. The number of aromatic nitrogens is 2. The maximum Gasteiger partial charge on any atom is 0.356 e. The normalized spacial score (nSPS) is 10.7. The summed E-state index contributed by atoms with van der Waals surface area (Å²) in [4.78, 5) is 24.7. The predicted octanol–water partition coefficient (Wildman–Crippen LogP) is 1.37. The van der Waals surface area contributed by atoms with E-state index in [2.05, 4.69) is 9.84 Å². The van der Waals surface area contributed by atoms with E-state index in [9.17, 15) is 9.59 Å². The van der Waals surface area contributed by atoms with Crippen LogP contribution < -0.4 is 5.56 Å². The lowest BCUT2D eigenvalue weighted by molar-refractivity contribution is 0.0594. The van der Waals surface area contributed by atoms with Gasteiger partial charge < -0.3 is 9.47 Å². The van der Waals surface area contributed by atoms with Gasteiger partial charge in [-0.05, 0) is 11.4 Å². The highest BCUT2D eigenvalue weighted by Crippen LogP contribution is 2.26. The summed E-state index contributed by atoms with van der Waals surface area (Å²) < 4.78 is 11.0. The third-order valence-corrected chi connectivity index (χ3v) is 3.58. The molecular weight excluding hydrogens is 268 g/mol. The van der Waals surface area contributed by atoms with Crippen LogP contribution in [-0.4, -0.2) is 30.0 Å². The van der Waals surface area contributed by atoms with E-state index < -0.39 is 5.97 Å². The Bertz CT molecular complexity index is 653. The van der Waals surface area contributed by atoms with Gasteiger partial charge in [0, 0.05) is 24.6 Å². The summed E-state index contributed by atoms with van der Waals surface area (Å²) in [5, 5.41) is 4.53. The second kappa shape index (κ2) is 5.41. The van der Waals surface area contributed by atoms with Crippen LogP contribution in [0.5, 0.6) is 0 Å². The first-order chi connectivity index (χ1) is 9.08. The largest absolute Gasteiger partial charge is 0.464 e. The lowest BCUT2D eigenvalue weighted by atomic mass is 10.1. The zero-order chi connectivity index (χ0) is 14.0. The van der Waals surface area contributed by atoms with Crippen LogP contribution in [0.3, 0.4) is 0 Å². The first-order valence-electron chi connectivity index (χ1n) is 5.52. The Labute approximate surface area is 113 Å². The van der Waals surface area contributed by atoms with Gasteiger partial charge in [0.15, 0.2) is 5.69 Å². The summed E-state index contributed by atoms with van der Waals surface area (Å²) in [7, 11) is 4.44. The number of nitrogens with one attached hydrogen (secondary N) is 1. The molecule has 0 aliphatic rings. The number of rotatable bonds is 4. The number of carbonyl (C=O) groups is 1. The molecule has 0 aliphatic heterocycles. The summed E-state index contributed by atoms with van der Waals surface area (Å²) in [6, 6.07) is 1.84. The monoisotopic (exact) mass is 282 g/mol. The minimum absolute atomic E-state index is 0.164. The van der Waals surface area contributed by atoms with Gasteiger partial charge in [-0.3, -0.25) is 14.6 Å². The maximum absolute atomic E-state index is 12.1. The van der Waals surface area contributed by atoms with Crippen LogP contribution in [0.25, 0.3) is 11.1 Å². The molecule has 0 aliphatic carbocycles. The maximum atomic E-state index is 12.1. The highest BCUT2D eigenvalue weighted by Gasteiger charge is 2.21. The number of ether oxygens (including phenoxy) is 2. The van der Waals surface area contributed by atoms with Crippen molar-refractivity contribution >= 4 is 17.3 Å². The number of aromatic amines is 1. The van der Waals surface area contributed by atoms with Crippen molar-refractivity contribution in [1.82, 2.24) is 9.78 Å². The predicted molar refractivity (Wildman–Crippen MR) is 71.4 cm³/mol. The summed E-state index contributed by atoms with van der Waals surface area (Å²) in [6.45, 7) is 0.475. The first kappa shape index (κ1) is 13.6. The van der Waals surface area contributed by atoms with Gasteiger partial charge in [-0.1, -0.05) is 0 Å². The summed E-state index contributed by atoms with van der Waals surface area (Å²) >= 11 is 1.48. The molecule has 0 fully saturated rings. The van der Waals surface area contributed by atoms with Gasteiger partial charge in [-0.2, -0.15) is 0 Å². The van der Waals surface area contributed by atoms with Gasteiger partial charge in [0.05, 0.1) is 19.3 Å². The Hall–Kier alpha value is -1.86. The summed E-state index contributed by atoms with van der Waals surface area (Å²) in [5.74, 6) is -0.563. The highest BCUT2D eigenvalue weighted by atomic mass is 32.1. The highest BCUT2D eigenvalue weighted by molar-refractivity contribution is 7.10. The van der Waals surface area contributed by atoms with Gasteiger partial charge in [0.25, 0.3) is 5.56 Å². The average molecular weight is 282 g/mol. The Morgan fingerprint density at radius 1 is 1.47 bits per heavy atom. The second-order valence-electron chi connectivity index (χ2n) is 3.95. The smallest absolute Gasteiger partial charge is 0.356 e. The van der Waals surface area contributed by atoms with E-state index in [0.29, 0.717) is 17.7 Å². The van der Waals surface area contributed by atoms with E-state index in [4.69, 9.17) is 4.74 Å². The SMILES string of the molecule is COCc1cc(-c2c(C(=O)OC)[nH]n(C)c2=O)cs1. The van der Waals surface area contributed by atoms with Crippen molar-refractivity contribution < 1.29 is 14.3 Å². The van der Waals surface area contributed by atoms with Gasteiger partial charge >= 0.3 is 5.97 Å². The van der Waals surface area contributed by atoms with E-state index in [-0.39, 0.29) is 11.3 Å². The summed E-state index contributed by atoms with van der Waals surface area (Å²) in [5.41, 5.74) is 0.922. The number of carbonyl (C=O) groups excluding carboxylic acids is 1. The van der Waals surface area contributed by atoms with Crippen LogP contribution in [0.15, 0.2) is 16.2 Å². The fraction of sp³-hybridized carbons (Fsp3) is 0.333. The zero-order valence-electron chi connectivity index (χ0n) is 10.9. The van der Waals surface area contributed by atoms with Gasteiger partial charge in [0.2, 0.25) is 0 Å². The van der Waals surface area contributed by atoms with Gasteiger partial charge in [-0.25, -0.2) is 4.79 Å². The van der Waals surface area contributed by atoms with Crippen molar-refractivity contribution in [2.45, 2.75) is 6.61 Å². The summed E-state index contributed by atoms with van der Waals surface area (Å²) in [6.07, 6.45) is 0. The van der Waals surface area contributed by atoms with Crippen LogP contribution in [0.2, 0.25) is 0 Å². The van der Waals surface area contributed by atoms with E-state index in [1.54, 1.807) is 14.2 Å². The van der Waals surface area contributed by atoms with Gasteiger partial charge in [0.1, 0.15) is 0 Å². The number of hydrogen-bond acceptors (Lipinski definition) is 5. The van der Waals surface area contributed by atoms with Crippen molar-refractivity contribution in [3.05, 3.63) is 32.4 Å². The lowest BCUT2D eigenvalue weighted by Crippen LogP contribution is -2.12. The van der Waals surface area contributed by atoms with Crippen molar-refractivity contribution in [2.24, 2.45) is 7.05 Å².